The summed E-state index contributed by atoms with van der Waals surface area (Å²) in [6.45, 7) is 9.28. The van der Waals surface area contributed by atoms with Crippen molar-refractivity contribution in [2.75, 3.05) is 0 Å². The summed E-state index contributed by atoms with van der Waals surface area (Å²) >= 11 is 1.74. The van der Waals surface area contributed by atoms with E-state index < -0.39 is 0 Å². The molecule has 0 amide bonds. The Morgan fingerprint density at radius 3 is 2.76 bits per heavy atom. The van der Waals surface area contributed by atoms with Gasteiger partial charge in [-0.15, -0.1) is 16.8 Å². The van der Waals surface area contributed by atoms with Gasteiger partial charge in [-0.05, 0) is 18.6 Å². The number of hydrogen-bond donors (Lipinski definition) is 0. The van der Waals surface area contributed by atoms with E-state index in [4.69, 9.17) is 4.74 Å². The summed E-state index contributed by atoms with van der Waals surface area (Å²) in [6.07, 6.45) is 2.96. The standard InChI is InChI=1S/C16H21N3OS/c1-4-11-19-15(12-20-14-9-7-6-8-10-14)17-18-16(19)21-13(3)5-2/h4,6-10,13H,1,5,11-12H2,2-3H3. The second-order valence-electron chi connectivity index (χ2n) is 4.74. The van der Waals surface area contributed by atoms with E-state index in [-0.39, 0.29) is 0 Å². The molecule has 21 heavy (non-hydrogen) atoms. The van der Waals surface area contributed by atoms with E-state index in [9.17, 15) is 0 Å². The van der Waals surface area contributed by atoms with Crippen molar-refractivity contribution in [3.8, 4) is 5.75 Å². The van der Waals surface area contributed by atoms with Crippen LogP contribution in [-0.4, -0.2) is 20.0 Å². The van der Waals surface area contributed by atoms with E-state index in [2.05, 4.69) is 35.2 Å². The van der Waals surface area contributed by atoms with Crippen LogP contribution in [-0.2, 0) is 13.2 Å². The van der Waals surface area contributed by atoms with Crippen LogP contribution in [0.5, 0.6) is 5.75 Å². The van der Waals surface area contributed by atoms with Crippen LogP contribution >= 0.6 is 11.8 Å². The van der Waals surface area contributed by atoms with Gasteiger partial charge in [0.05, 0.1) is 0 Å². The van der Waals surface area contributed by atoms with Crippen molar-refractivity contribution < 1.29 is 4.74 Å². The van der Waals surface area contributed by atoms with E-state index in [1.54, 1.807) is 11.8 Å². The highest BCUT2D eigenvalue weighted by Crippen LogP contribution is 2.24. The molecule has 4 nitrogen and oxygen atoms in total. The molecule has 0 aliphatic heterocycles. The van der Waals surface area contributed by atoms with Gasteiger partial charge in [0.2, 0.25) is 0 Å². The maximum atomic E-state index is 5.76. The van der Waals surface area contributed by atoms with Crippen molar-refractivity contribution in [2.24, 2.45) is 0 Å². The topological polar surface area (TPSA) is 39.9 Å². The smallest absolute Gasteiger partial charge is 0.191 e. The maximum Gasteiger partial charge on any atom is 0.191 e. The number of hydrogen-bond acceptors (Lipinski definition) is 4. The van der Waals surface area contributed by atoms with Gasteiger partial charge in [0.25, 0.3) is 0 Å². The van der Waals surface area contributed by atoms with Crippen molar-refractivity contribution in [3.63, 3.8) is 0 Å². The summed E-state index contributed by atoms with van der Waals surface area (Å²) < 4.78 is 7.82. The highest BCUT2D eigenvalue weighted by Gasteiger charge is 2.14. The molecule has 112 valence electrons. The molecule has 0 aliphatic rings. The summed E-state index contributed by atoms with van der Waals surface area (Å²) in [4.78, 5) is 0. The number of aromatic nitrogens is 3. The summed E-state index contributed by atoms with van der Waals surface area (Å²) in [5, 5.41) is 9.98. The van der Waals surface area contributed by atoms with Crippen molar-refractivity contribution in [1.82, 2.24) is 14.8 Å². The number of rotatable bonds is 8. The zero-order chi connectivity index (χ0) is 15.1. The predicted octanol–water partition coefficient (Wildman–Crippen LogP) is 3.93. The fourth-order valence-corrected chi connectivity index (χ4v) is 2.67. The third kappa shape index (κ3) is 4.36. The summed E-state index contributed by atoms with van der Waals surface area (Å²) in [5.41, 5.74) is 0. The lowest BCUT2D eigenvalue weighted by atomic mass is 10.3. The third-order valence-corrected chi connectivity index (χ3v) is 4.35. The van der Waals surface area contributed by atoms with Gasteiger partial charge >= 0.3 is 0 Å². The van der Waals surface area contributed by atoms with Crippen molar-refractivity contribution in [3.05, 3.63) is 48.8 Å². The fraction of sp³-hybridized carbons (Fsp3) is 0.375. The van der Waals surface area contributed by atoms with Crippen LogP contribution in [0.25, 0.3) is 0 Å². The van der Waals surface area contributed by atoms with Gasteiger partial charge in [0.15, 0.2) is 11.0 Å². The quantitative estimate of drug-likeness (QED) is 0.547. The van der Waals surface area contributed by atoms with Gasteiger partial charge < -0.3 is 4.74 Å². The van der Waals surface area contributed by atoms with Gasteiger partial charge in [-0.1, -0.05) is 49.9 Å². The van der Waals surface area contributed by atoms with Gasteiger partial charge in [-0.2, -0.15) is 0 Å². The first kappa shape index (κ1) is 15.6. The van der Waals surface area contributed by atoms with E-state index in [0.717, 1.165) is 23.2 Å². The number of allylic oxidation sites excluding steroid dienone is 1. The summed E-state index contributed by atoms with van der Waals surface area (Å²) in [5.74, 6) is 1.66. The van der Waals surface area contributed by atoms with Crippen molar-refractivity contribution in [1.29, 1.82) is 0 Å². The van der Waals surface area contributed by atoms with Crippen LogP contribution in [0, 0.1) is 0 Å². The van der Waals surface area contributed by atoms with Crippen LogP contribution in [0.1, 0.15) is 26.1 Å². The first-order valence-electron chi connectivity index (χ1n) is 7.12. The monoisotopic (exact) mass is 303 g/mol. The highest BCUT2D eigenvalue weighted by atomic mass is 32.2. The van der Waals surface area contributed by atoms with Crippen LogP contribution < -0.4 is 4.74 Å². The Balaban J connectivity index is 2.09. The first-order chi connectivity index (χ1) is 10.2. The molecule has 2 aromatic rings. The molecule has 0 radical (unpaired) electrons. The Hall–Kier alpha value is -1.75. The lowest BCUT2D eigenvalue weighted by Crippen LogP contribution is -2.08. The number of benzene rings is 1. The van der Waals surface area contributed by atoms with Gasteiger partial charge in [0.1, 0.15) is 12.4 Å². The van der Waals surface area contributed by atoms with Gasteiger partial charge in [-0.25, -0.2) is 0 Å². The molecule has 0 fully saturated rings. The summed E-state index contributed by atoms with van der Waals surface area (Å²) in [7, 11) is 0. The second-order valence-corrected chi connectivity index (χ2v) is 6.14. The number of ether oxygens (including phenoxy) is 1. The summed E-state index contributed by atoms with van der Waals surface area (Å²) in [6, 6.07) is 9.74. The van der Waals surface area contributed by atoms with Crippen LogP contribution in [0.2, 0.25) is 0 Å². The predicted molar refractivity (Wildman–Crippen MR) is 86.6 cm³/mol. The normalized spacial score (nSPS) is 12.1. The van der Waals surface area contributed by atoms with Crippen LogP contribution in [0.3, 0.4) is 0 Å². The second kappa shape index (κ2) is 7.88. The molecule has 1 heterocycles. The zero-order valence-corrected chi connectivity index (χ0v) is 13.3. The van der Waals surface area contributed by atoms with Crippen LogP contribution in [0.15, 0.2) is 48.1 Å². The molecule has 0 spiro atoms. The number of para-hydroxylation sites is 1. The largest absolute Gasteiger partial charge is 0.486 e. The molecule has 0 saturated carbocycles. The molecule has 1 atom stereocenters. The minimum atomic E-state index is 0.409. The molecular weight excluding hydrogens is 282 g/mol. The van der Waals surface area contributed by atoms with Crippen molar-refractivity contribution >= 4 is 11.8 Å². The minimum Gasteiger partial charge on any atom is -0.486 e. The first-order valence-corrected chi connectivity index (χ1v) is 8.00. The van der Waals surface area contributed by atoms with Gasteiger partial charge in [-0.3, -0.25) is 4.57 Å². The number of nitrogens with zero attached hydrogens (tertiary/aromatic N) is 3. The molecule has 5 heteroatoms. The molecule has 1 aromatic heterocycles. The van der Waals surface area contributed by atoms with E-state index in [1.165, 1.54) is 0 Å². The molecule has 0 bridgehead atoms. The Bertz CT molecular complexity index is 568. The minimum absolute atomic E-state index is 0.409. The Morgan fingerprint density at radius 2 is 2.10 bits per heavy atom. The lowest BCUT2D eigenvalue weighted by molar-refractivity contribution is 0.289. The fourth-order valence-electron chi connectivity index (χ4n) is 1.75. The number of thioether (sulfide) groups is 1. The average molecular weight is 303 g/mol. The maximum absolute atomic E-state index is 5.76. The molecule has 1 unspecified atom stereocenters. The van der Waals surface area contributed by atoms with E-state index in [0.29, 0.717) is 18.4 Å². The Labute approximate surface area is 130 Å². The van der Waals surface area contributed by atoms with Gasteiger partial charge in [0, 0.05) is 11.8 Å². The lowest BCUT2D eigenvalue weighted by Gasteiger charge is -2.11. The third-order valence-electron chi connectivity index (χ3n) is 3.10. The highest BCUT2D eigenvalue weighted by molar-refractivity contribution is 7.99. The molecular formula is C16H21N3OS. The molecule has 0 N–H and O–H groups in total. The Kier molecular flexibility index (Phi) is 5.87. The van der Waals surface area contributed by atoms with Crippen molar-refractivity contribution in [2.45, 2.75) is 43.8 Å². The molecule has 2 rings (SSSR count). The molecule has 0 aliphatic carbocycles. The van der Waals surface area contributed by atoms with Crippen LogP contribution in [0.4, 0.5) is 0 Å². The molecule has 1 aromatic carbocycles. The van der Waals surface area contributed by atoms with E-state index in [1.807, 2.05) is 36.4 Å². The SMILES string of the molecule is C=CCn1c(COc2ccccc2)nnc1SC(C)CC. The average Bonchev–Trinajstić information content (AvgIpc) is 2.89. The molecule has 0 saturated heterocycles. The zero-order valence-electron chi connectivity index (χ0n) is 12.5. The van der Waals surface area contributed by atoms with E-state index >= 15 is 0 Å². The Morgan fingerprint density at radius 1 is 1.33 bits per heavy atom.